The standard InChI is InChI=1S/C36H39N3O6S/c1-3-20-37-36(41)32(23-28-10-6-4-7-11-28)38(25-29-16-14-27(2)15-17-29)35(40)26-39(46(42,43)31-12-8-5-9-13-31)30-18-19-33-34(24-30)45-22-21-44-33/h4-19,24,32H,3,20-23,25-26H2,1-2H3,(H,37,41). The van der Waals surface area contributed by atoms with E-state index in [9.17, 15) is 18.0 Å². The van der Waals surface area contributed by atoms with Crippen LogP contribution < -0.4 is 19.1 Å². The van der Waals surface area contributed by atoms with Crippen molar-refractivity contribution in [3.63, 3.8) is 0 Å². The number of rotatable bonds is 13. The van der Waals surface area contributed by atoms with E-state index in [1.807, 2.05) is 68.4 Å². The number of aryl methyl sites for hydroxylation is 1. The van der Waals surface area contributed by atoms with Crippen LogP contribution in [0.1, 0.15) is 30.0 Å². The summed E-state index contributed by atoms with van der Waals surface area (Å²) < 4.78 is 40.9. The Labute approximate surface area is 270 Å². The van der Waals surface area contributed by atoms with E-state index >= 15 is 0 Å². The average molecular weight is 642 g/mol. The summed E-state index contributed by atoms with van der Waals surface area (Å²) in [6, 6.07) is 29.1. The minimum absolute atomic E-state index is 0.0318. The van der Waals surface area contributed by atoms with Crippen molar-refractivity contribution in [2.45, 2.75) is 44.2 Å². The topological polar surface area (TPSA) is 105 Å². The molecule has 240 valence electrons. The zero-order chi connectivity index (χ0) is 32.5. The third kappa shape index (κ3) is 7.87. The van der Waals surface area contributed by atoms with Crippen molar-refractivity contribution in [2.24, 2.45) is 0 Å². The molecular weight excluding hydrogens is 602 g/mol. The Bertz CT molecular complexity index is 1730. The van der Waals surface area contributed by atoms with E-state index in [-0.39, 0.29) is 29.5 Å². The van der Waals surface area contributed by atoms with Crippen LogP contribution in [0.3, 0.4) is 0 Å². The van der Waals surface area contributed by atoms with Crippen LogP contribution in [0.25, 0.3) is 0 Å². The first kappa shape index (κ1) is 32.6. The zero-order valence-corrected chi connectivity index (χ0v) is 26.9. The van der Waals surface area contributed by atoms with E-state index in [4.69, 9.17) is 9.47 Å². The lowest BCUT2D eigenvalue weighted by Crippen LogP contribution is -2.53. The van der Waals surface area contributed by atoms with E-state index < -0.39 is 28.5 Å². The van der Waals surface area contributed by atoms with Gasteiger partial charge in [-0.15, -0.1) is 0 Å². The van der Waals surface area contributed by atoms with Gasteiger partial charge in [-0.3, -0.25) is 13.9 Å². The average Bonchev–Trinajstić information content (AvgIpc) is 3.09. The van der Waals surface area contributed by atoms with Gasteiger partial charge in [0.1, 0.15) is 25.8 Å². The summed E-state index contributed by atoms with van der Waals surface area (Å²) in [5.41, 5.74) is 2.99. The van der Waals surface area contributed by atoms with Crippen LogP contribution >= 0.6 is 0 Å². The van der Waals surface area contributed by atoms with Gasteiger partial charge in [-0.1, -0.05) is 85.3 Å². The minimum atomic E-state index is -4.22. The summed E-state index contributed by atoms with van der Waals surface area (Å²) in [7, 11) is -4.22. The number of ether oxygens (including phenoxy) is 2. The predicted molar refractivity (Wildman–Crippen MR) is 177 cm³/mol. The summed E-state index contributed by atoms with van der Waals surface area (Å²) in [5.74, 6) is 0.0577. The van der Waals surface area contributed by atoms with Crippen molar-refractivity contribution in [3.05, 3.63) is 120 Å². The lowest BCUT2D eigenvalue weighted by molar-refractivity contribution is -0.140. The molecule has 0 fully saturated rings. The van der Waals surface area contributed by atoms with Gasteiger partial charge in [0.05, 0.1) is 10.6 Å². The molecule has 5 rings (SSSR count). The number of hydrogen-bond acceptors (Lipinski definition) is 6. The summed E-state index contributed by atoms with van der Waals surface area (Å²) in [5, 5.41) is 2.96. The largest absolute Gasteiger partial charge is 0.486 e. The molecule has 0 radical (unpaired) electrons. The fourth-order valence-corrected chi connectivity index (χ4v) is 6.67. The van der Waals surface area contributed by atoms with Gasteiger partial charge in [0, 0.05) is 25.6 Å². The molecule has 4 aromatic rings. The van der Waals surface area contributed by atoms with E-state index in [2.05, 4.69) is 5.32 Å². The summed E-state index contributed by atoms with van der Waals surface area (Å²) in [6.07, 6.45) is 0.979. The number of fused-ring (bicyclic) bond motifs is 1. The molecule has 10 heteroatoms. The van der Waals surface area contributed by atoms with Crippen molar-refractivity contribution in [1.82, 2.24) is 10.2 Å². The lowest BCUT2D eigenvalue weighted by Gasteiger charge is -2.34. The van der Waals surface area contributed by atoms with Crippen LogP contribution in [0.15, 0.2) is 108 Å². The van der Waals surface area contributed by atoms with Crippen molar-refractivity contribution in [3.8, 4) is 11.5 Å². The molecule has 1 atom stereocenters. The maximum absolute atomic E-state index is 14.6. The SMILES string of the molecule is CCCNC(=O)C(Cc1ccccc1)N(Cc1ccc(C)cc1)C(=O)CN(c1ccc2c(c1)OCCO2)S(=O)(=O)c1ccccc1. The van der Waals surface area contributed by atoms with Gasteiger partial charge in [-0.25, -0.2) is 8.42 Å². The number of hydrogen-bond donors (Lipinski definition) is 1. The lowest BCUT2D eigenvalue weighted by atomic mass is 10.0. The highest BCUT2D eigenvalue weighted by molar-refractivity contribution is 7.92. The smallest absolute Gasteiger partial charge is 0.264 e. The van der Waals surface area contributed by atoms with E-state index in [0.717, 1.165) is 27.4 Å². The highest BCUT2D eigenvalue weighted by Gasteiger charge is 2.35. The summed E-state index contributed by atoms with van der Waals surface area (Å²) in [6.45, 7) is 4.64. The van der Waals surface area contributed by atoms with E-state index in [1.54, 1.807) is 36.4 Å². The number of carbonyl (C=O) groups excluding carboxylic acids is 2. The molecule has 1 aliphatic heterocycles. The monoisotopic (exact) mass is 641 g/mol. The molecule has 4 aromatic carbocycles. The van der Waals surface area contributed by atoms with Gasteiger partial charge >= 0.3 is 0 Å². The Morgan fingerprint density at radius 1 is 0.826 bits per heavy atom. The molecule has 9 nitrogen and oxygen atoms in total. The maximum Gasteiger partial charge on any atom is 0.264 e. The predicted octanol–water partition coefficient (Wildman–Crippen LogP) is 5.13. The molecule has 46 heavy (non-hydrogen) atoms. The Morgan fingerprint density at radius 2 is 1.48 bits per heavy atom. The third-order valence-corrected chi connectivity index (χ3v) is 9.51. The maximum atomic E-state index is 14.6. The second-order valence-corrected chi connectivity index (χ2v) is 13.0. The van der Waals surface area contributed by atoms with Crippen LogP contribution in [-0.2, 0) is 32.6 Å². The van der Waals surface area contributed by atoms with Crippen LogP contribution in [0.5, 0.6) is 11.5 Å². The van der Waals surface area contributed by atoms with Gasteiger partial charge < -0.3 is 19.7 Å². The Hall–Kier alpha value is -4.83. The number of sulfonamides is 1. The highest BCUT2D eigenvalue weighted by Crippen LogP contribution is 2.36. The summed E-state index contributed by atoms with van der Waals surface area (Å²) >= 11 is 0. The first-order valence-corrected chi connectivity index (χ1v) is 16.8. The van der Waals surface area contributed by atoms with Crippen molar-refractivity contribution in [1.29, 1.82) is 0 Å². The fraction of sp³-hybridized carbons (Fsp3) is 0.278. The van der Waals surface area contributed by atoms with Gasteiger partial charge in [-0.05, 0) is 48.7 Å². The van der Waals surface area contributed by atoms with Crippen molar-refractivity contribution < 1.29 is 27.5 Å². The molecule has 1 heterocycles. The molecule has 0 saturated carbocycles. The molecule has 0 aromatic heterocycles. The molecule has 1 N–H and O–H groups in total. The second-order valence-electron chi connectivity index (χ2n) is 11.2. The number of carbonyl (C=O) groups is 2. The van der Waals surface area contributed by atoms with Crippen LogP contribution in [0, 0.1) is 6.92 Å². The highest BCUT2D eigenvalue weighted by atomic mass is 32.2. The first-order valence-electron chi connectivity index (χ1n) is 15.4. The Balaban J connectivity index is 1.57. The molecule has 0 aliphatic carbocycles. The van der Waals surface area contributed by atoms with Gasteiger partial charge in [0.15, 0.2) is 11.5 Å². The molecular formula is C36H39N3O6S. The van der Waals surface area contributed by atoms with Gasteiger partial charge in [-0.2, -0.15) is 0 Å². The first-order chi connectivity index (χ1) is 22.3. The molecule has 2 amide bonds. The summed E-state index contributed by atoms with van der Waals surface area (Å²) in [4.78, 5) is 29.8. The molecule has 1 unspecified atom stereocenters. The zero-order valence-electron chi connectivity index (χ0n) is 26.1. The molecule has 0 spiro atoms. The minimum Gasteiger partial charge on any atom is -0.486 e. The fourth-order valence-electron chi connectivity index (χ4n) is 5.25. The van der Waals surface area contributed by atoms with Crippen molar-refractivity contribution >= 4 is 27.5 Å². The Kier molecular flexibility index (Phi) is 10.6. The molecule has 0 bridgehead atoms. The van der Waals surface area contributed by atoms with Gasteiger partial charge in [0.25, 0.3) is 10.0 Å². The van der Waals surface area contributed by atoms with Crippen LogP contribution in [-0.4, -0.2) is 57.5 Å². The number of amides is 2. The number of nitrogens with zero attached hydrogens (tertiary/aromatic N) is 2. The quantitative estimate of drug-likeness (QED) is 0.217. The number of nitrogens with one attached hydrogen (secondary N) is 1. The van der Waals surface area contributed by atoms with Gasteiger partial charge in [0.2, 0.25) is 11.8 Å². The number of benzene rings is 4. The molecule has 1 aliphatic rings. The normalized spacial score (nSPS) is 13.0. The van der Waals surface area contributed by atoms with E-state index in [0.29, 0.717) is 31.3 Å². The Morgan fingerprint density at radius 3 is 2.15 bits per heavy atom. The second kappa shape index (κ2) is 15.0. The molecule has 0 saturated heterocycles. The van der Waals surface area contributed by atoms with Crippen LogP contribution in [0.2, 0.25) is 0 Å². The van der Waals surface area contributed by atoms with Crippen LogP contribution in [0.4, 0.5) is 5.69 Å². The van der Waals surface area contributed by atoms with Crippen molar-refractivity contribution in [2.75, 3.05) is 30.6 Å². The number of anilines is 1. The third-order valence-electron chi connectivity index (χ3n) is 7.72. The van der Waals surface area contributed by atoms with E-state index in [1.165, 1.54) is 17.0 Å².